The Kier molecular flexibility index (Phi) is 6.49. The summed E-state index contributed by atoms with van der Waals surface area (Å²) in [6.45, 7) is 4.86. The van der Waals surface area contributed by atoms with Crippen LogP contribution in [0.5, 0.6) is 0 Å². The molecule has 1 atom stereocenters. The summed E-state index contributed by atoms with van der Waals surface area (Å²) in [4.78, 5) is 4.16. The van der Waals surface area contributed by atoms with Crippen molar-refractivity contribution in [3.05, 3.63) is 0 Å². The van der Waals surface area contributed by atoms with Gasteiger partial charge < -0.3 is 10.6 Å². The van der Waals surface area contributed by atoms with Crippen LogP contribution in [0.25, 0.3) is 0 Å². The number of nitrogens with zero attached hydrogens (tertiary/aromatic N) is 1. The maximum Gasteiger partial charge on any atom is 0.191 e. The minimum atomic E-state index is -2.87. The van der Waals surface area contributed by atoms with E-state index < -0.39 is 9.84 Å². The molecule has 1 unspecified atom stereocenters. The number of hydrogen-bond acceptors (Lipinski definition) is 5. The van der Waals surface area contributed by atoms with Crippen LogP contribution in [-0.2, 0) is 9.84 Å². The van der Waals surface area contributed by atoms with E-state index in [1.165, 1.54) is 0 Å². The molecule has 0 spiro atoms. The van der Waals surface area contributed by atoms with E-state index in [1.807, 2.05) is 6.92 Å². The van der Waals surface area contributed by atoms with Crippen molar-refractivity contribution in [2.24, 2.45) is 4.99 Å². The monoisotopic (exact) mass is 347 g/mol. The maximum atomic E-state index is 11.1. The van der Waals surface area contributed by atoms with E-state index in [-0.39, 0.29) is 35.5 Å². The third kappa shape index (κ3) is 5.55. The average Bonchev–Trinajstić information content (AvgIpc) is 2.51. The highest BCUT2D eigenvalue weighted by Gasteiger charge is 2.12. The molecule has 0 bridgehead atoms. The lowest BCUT2D eigenvalue weighted by atomic mass is 10.4. The van der Waals surface area contributed by atoms with Gasteiger partial charge in [0, 0.05) is 18.3 Å². The van der Waals surface area contributed by atoms with Crippen LogP contribution in [0.4, 0.5) is 0 Å². The molecule has 2 N–H and O–H groups in total. The van der Waals surface area contributed by atoms with Crippen molar-refractivity contribution in [2.75, 3.05) is 24.6 Å². The largest absolute Gasteiger partial charge is 0.355 e. The summed E-state index contributed by atoms with van der Waals surface area (Å²) < 4.78 is 22.3. The van der Waals surface area contributed by atoms with E-state index in [9.17, 15) is 8.42 Å². The van der Waals surface area contributed by atoms with Crippen molar-refractivity contribution in [1.29, 1.82) is 0 Å². The number of nitrogens with one attached hydrogen (secondary N) is 2. The Morgan fingerprint density at radius 1 is 1.60 bits per heavy atom. The zero-order chi connectivity index (χ0) is 10.6. The van der Waals surface area contributed by atoms with Gasteiger partial charge in [0.2, 0.25) is 0 Å². The number of rotatable bonds is 4. The van der Waals surface area contributed by atoms with E-state index in [0.717, 1.165) is 6.54 Å². The molecule has 1 rings (SSSR count). The third-order valence-corrected chi connectivity index (χ3v) is 3.76. The fraction of sp³-hybridized carbons (Fsp3) is 0.875. The summed E-state index contributed by atoms with van der Waals surface area (Å²) in [5.41, 5.74) is 0. The molecule has 5 nitrogen and oxygen atoms in total. The summed E-state index contributed by atoms with van der Waals surface area (Å²) in [5, 5.41) is 6.06. The van der Waals surface area contributed by atoms with Crippen LogP contribution < -0.4 is 10.6 Å². The van der Waals surface area contributed by atoms with Gasteiger partial charge in [0.1, 0.15) is 0 Å². The molecular formula is C8H18IN3O2S. The van der Waals surface area contributed by atoms with E-state index >= 15 is 0 Å². The van der Waals surface area contributed by atoms with Crippen LogP contribution in [0.15, 0.2) is 4.99 Å². The smallest absolute Gasteiger partial charge is 0.191 e. The lowest BCUT2D eigenvalue weighted by Crippen LogP contribution is -2.39. The van der Waals surface area contributed by atoms with E-state index in [1.54, 1.807) is 6.92 Å². The zero-order valence-corrected chi connectivity index (χ0v) is 12.1. The second-order valence-corrected chi connectivity index (χ2v) is 5.87. The summed E-state index contributed by atoms with van der Waals surface area (Å²) >= 11 is 0. The number of hydrogen-bond donors (Lipinski definition) is 2. The van der Waals surface area contributed by atoms with Crippen molar-refractivity contribution >= 4 is 39.8 Å². The van der Waals surface area contributed by atoms with Crippen molar-refractivity contribution in [2.45, 2.75) is 19.9 Å². The van der Waals surface area contributed by atoms with E-state index in [0.29, 0.717) is 18.5 Å². The van der Waals surface area contributed by atoms with Crippen molar-refractivity contribution in [3.63, 3.8) is 0 Å². The molecule has 0 saturated heterocycles. The van der Waals surface area contributed by atoms with Gasteiger partial charge in [-0.25, -0.2) is 8.42 Å². The molecule has 0 aromatic rings. The minimum Gasteiger partial charge on any atom is -0.355 e. The first-order chi connectivity index (χ1) is 6.53. The Morgan fingerprint density at radius 3 is 2.73 bits per heavy atom. The normalized spacial score (nSPS) is 20.1. The lowest BCUT2D eigenvalue weighted by molar-refractivity contribution is 0.596. The molecule has 0 amide bonds. The second-order valence-electron chi connectivity index (χ2n) is 3.40. The van der Waals surface area contributed by atoms with Gasteiger partial charge in [0.25, 0.3) is 0 Å². The molecule has 1 aliphatic rings. The first-order valence-corrected chi connectivity index (χ1v) is 6.61. The molecule has 15 heavy (non-hydrogen) atoms. The Balaban J connectivity index is 0.00000196. The quantitative estimate of drug-likeness (QED) is 0.701. The number of halogens is 1. The first kappa shape index (κ1) is 14.9. The Bertz CT molecular complexity index is 316. The fourth-order valence-corrected chi connectivity index (χ4v) is 1.83. The Morgan fingerprint density at radius 2 is 2.27 bits per heavy atom. The molecule has 0 fully saturated rings. The molecule has 0 saturated carbocycles. The summed E-state index contributed by atoms with van der Waals surface area (Å²) in [6.07, 6.45) is 0. The van der Waals surface area contributed by atoms with Gasteiger partial charge >= 0.3 is 0 Å². The number of sulfone groups is 1. The molecular weight excluding hydrogens is 329 g/mol. The number of aliphatic imine (C=N–C) groups is 1. The predicted molar refractivity (Wildman–Crippen MR) is 72.6 cm³/mol. The Hall–Kier alpha value is -0.0500. The van der Waals surface area contributed by atoms with Gasteiger partial charge in [-0.15, -0.1) is 24.0 Å². The molecule has 0 aromatic carbocycles. The SMILES string of the molecule is CCS(=O)(=O)CCNC1=NCC(C)N1.I. The van der Waals surface area contributed by atoms with Gasteiger partial charge in [-0.1, -0.05) is 6.92 Å². The van der Waals surface area contributed by atoms with Crippen molar-refractivity contribution in [3.8, 4) is 0 Å². The highest BCUT2D eigenvalue weighted by Crippen LogP contribution is 1.92. The zero-order valence-electron chi connectivity index (χ0n) is 8.99. The van der Waals surface area contributed by atoms with E-state index in [2.05, 4.69) is 15.6 Å². The Labute approximate surface area is 108 Å². The van der Waals surface area contributed by atoms with Gasteiger partial charge in [0.05, 0.1) is 12.3 Å². The first-order valence-electron chi connectivity index (χ1n) is 4.79. The van der Waals surface area contributed by atoms with Gasteiger partial charge in [-0.3, -0.25) is 4.99 Å². The molecule has 1 aliphatic heterocycles. The summed E-state index contributed by atoms with van der Waals surface area (Å²) in [7, 11) is -2.87. The molecule has 1 heterocycles. The van der Waals surface area contributed by atoms with Gasteiger partial charge in [-0.05, 0) is 6.92 Å². The third-order valence-electron chi connectivity index (χ3n) is 2.05. The van der Waals surface area contributed by atoms with Crippen LogP contribution >= 0.6 is 24.0 Å². The highest BCUT2D eigenvalue weighted by molar-refractivity contribution is 14.0. The van der Waals surface area contributed by atoms with Crippen LogP contribution in [0.2, 0.25) is 0 Å². The minimum absolute atomic E-state index is 0. The summed E-state index contributed by atoms with van der Waals surface area (Å²) in [5.74, 6) is 1.08. The topological polar surface area (TPSA) is 70.6 Å². The van der Waals surface area contributed by atoms with Crippen molar-refractivity contribution < 1.29 is 8.42 Å². The lowest BCUT2D eigenvalue weighted by Gasteiger charge is -2.08. The average molecular weight is 347 g/mol. The second kappa shape index (κ2) is 6.51. The number of guanidine groups is 1. The predicted octanol–water partition coefficient (Wildman–Crippen LogP) is -0.0236. The van der Waals surface area contributed by atoms with Gasteiger partial charge in [-0.2, -0.15) is 0 Å². The van der Waals surface area contributed by atoms with Crippen molar-refractivity contribution in [1.82, 2.24) is 10.6 Å². The van der Waals surface area contributed by atoms with Crippen LogP contribution in [0.3, 0.4) is 0 Å². The van der Waals surface area contributed by atoms with E-state index in [4.69, 9.17) is 0 Å². The molecule has 90 valence electrons. The molecule has 7 heteroatoms. The summed E-state index contributed by atoms with van der Waals surface area (Å²) in [6, 6.07) is 0.347. The highest BCUT2D eigenvalue weighted by atomic mass is 127. The molecule has 0 aromatic heterocycles. The standard InChI is InChI=1S/C8H17N3O2S.HI/c1-3-14(12,13)5-4-9-8-10-6-7(2)11-8;/h7H,3-6H2,1-2H3,(H2,9,10,11);1H. The molecule has 0 radical (unpaired) electrons. The fourth-order valence-electron chi connectivity index (χ4n) is 1.13. The van der Waals surface area contributed by atoms with Crippen LogP contribution in [-0.4, -0.2) is 45.0 Å². The van der Waals surface area contributed by atoms with Gasteiger partial charge in [0.15, 0.2) is 15.8 Å². The molecule has 0 aliphatic carbocycles. The van der Waals surface area contributed by atoms with Crippen LogP contribution in [0, 0.1) is 0 Å². The van der Waals surface area contributed by atoms with Crippen LogP contribution in [0.1, 0.15) is 13.8 Å². The maximum absolute atomic E-state index is 11.1.